The standard InChI is InChI=1S/C19H28N2O2S/c1-15(2)14-23-16-8-12-20(13-9-16)10-5-11-21-17-6-3-4-7-18(17)24-19(21)22/h3-4,6-7,15-16H,5,8-14H2,1-2H3. The molecule has 1 aliphatic rings. The summed E-state index contributed by atoms with van der Waals surface area (Å²) in [5.41, 5.74) is 1.08. The van der Waals surface area contributed by atoms with Crippen molar-refractivity contribution in [2.45, 2.75) is 45.8 Å². The van der Waals surface area contributed by atoms with E-state index in [1.807, 2.05) is 28.8 Å². The van der Waals surface area contributed by atoms with Crippen LogP contribution < -0.4 is 4.87 Å². The van der Waals surface area contributed by atoms with Crippen LogP contribution in [0.1, 0.15) is 33.1 Å². The van der Waals surface area contributed by atoms with Crippen molar-refractivity contribution in [2.24, 2.45) is 5.92 Å². The fourth-order valence-corrected chi connectivity index (χ4v) is 4.22. The number of benzene rings is 1. The number of nitrogens with zero attached hydrogens (tertiary/aromatic N) is 2. The maximum Gasteiger partial charge on any atom is 0.308 e. The van der Waals surface area contributed by atoms with Gasteiger partial charge in [-0.2, -0.15) is 0 Å². The highest BCUT2D eigenvalue weighted by Gasteiger charge is 2.19. The van der Waals surface area contributed by atoms with E-state index in [2.05, 4.69) is 18.7 Å². The third-order valence-electron chi connectivity index (χ3n) is 4.63. The number of aryl methyl sites for hydroxylation is 1. The molecule has 0 N–H and O–H groups in total. The van der Waals surface area contributed by atoms with Gasteiger partial charge < -0.3 is 9.64 Å². The number of fused-ring (bicyclic) bond motifs is 1. The molecule has 2 heterocycles. The first kappa shape index (κ1) is 17.6. The maximum absolute atomic E-state index is 12.1. The van der Waals surface area contributed by atoms with E-state index in [4.69, 9.17) is 4.74 Å². The Balaban J connectivity index is 1.44. The molecule has 0 aliphatic carbocycles. The number of likely N-dealkylation sites (tertiary alicyclic amines) is 1. The van der Waals surface area contributed by atoms with Gasteiger partial charge in [0.15, 0.2) is 0 Å². The first-order chi connectivity index (χ1) is 11.6. The SMILES string of the molecule is CC(C)COC1CCN(CCCn2c(=O)sc3ccccc32)CC1. The maximum atomic E-state index is 12.1. The Morgan fingerprint density at radius 1 is 1.21 bits per heavy atom. The second-order valence-corrected chi connectivity index (χ2v) is 8.10. The highest BCUT2D eigenvalue weighted by atomic mass is 32.1. The Hall–Kier alpha value is -1.17. The summed E-state index contributed by atoms with van der Waals surface area (Å²) in [5, 5.41) is 0. The third-order valence-corrected chi connectivity index (χ3v) is 5.59. The van der Waals surface area contributed by atoms with E-state index in [0.717, 1.165) is 62.3 Å². The number of hydrogen-bond acceptors (Lipinski definition) is 4. The summed E-state index contributed by atoms with van der Waals surface area (Å²) in [4.78, 5) is 14.8. The fourth-order valence-electron chi connectivity index (χ4n) is 3.31. The van der Waals surface area contributed by atoms with Gasteiger partial charge >= 0.3 is 4.87 Å². The van der Waals surface area contributed by atoms with Crippen LogP contribution in [0.25, 0.3) is 10.2 Å². The molecule has 4 nitrogen and oxygen atoms in total. The van der Waals surface area contributed by atoms with Crippen molar-refractivity contribution in [1.29, 1.82) is 0 Å². The lowest BCUT2D eigenvalue weighted by atomic mass is 10.1. The number of aromatic nitrogens is 1. The summed E-state index contributed by atoms with van der Waals surface area (Å²) < 4.78 is 8.97. The van der Waals surface area contributed by atoms with Crippen molar-refractivity contribution < 1.29 is 4.74 Å². The van der Waals surface area contributed by atoms with E-state index >= 15 is 0 Å². The van der Waals surface area contributed by atoms with Crippen molar-refractivity contribution in [3.05, 3.63) is 33.9 Å². The molecule has 0 unspecified atom stereocenters. The number of ether oxygens (including phenoxy) is 1. The van der Waals surface area contributed by atoms with Gasteiger partial charge in [0.2, 0.25) is 0 Å². The van der Waals surface area contributed by atoms with Crippen LogP contribution in [0.3, 0.4) is 0 Å². The van der Waals surface area contributed by atoms with Crippen molar-refractivity contribution in [1.82, 2.24) is 9.47 Å². The number of piperidine rings is 1. The van der Waals surface area contributed by atoms with Crippen molar-refractivity contribution in [3.8, 4) is 0 Å². The monoisotopic (exact) mass is 348 g/mol. The molecule has 1 saturated heterocycles. The van der Waals surface area contributed by atoms with E-state index in [1.165, 1.54) is 11.3 Å². The summed E-state index contributed by atoms with van der Waals surface area (Å²) >= 11 is 1.35. The topological polar surface area (TPSA) is 34.5 Å². The molecule has 1 fully saturated rings. The normalized spacial score (nSPS) is 17.1. The minimum absolute atomic E-state index is 0.164. The van der Waals surface area contributed by atoms with E-state index in [-0.39, 0.29) is 4.87 Å². The molecule has 1 aromatic heterocycles. The third kappa shape index (κ3) is 4.47. The second-order valence-electron chi connectivity index (χ2n) is 7.11. The van der Waals surface area contributed by atoms with Gasteiger partial charge in [0.05, 0.1) is 16.3 Å². The first-order valence-electron chi connectivity index (χ1n) is 9.06. The molecule has 5 heteroatoms. The predicted octanol–water partition coefficient (Wildman–Crippen LogP) is 3.59. The summed E-state index contributed by atoms with van der Waals surface area (Å²) in [6, 6.07) is 8.08. The number of thiazole rings is 1. The highest BCUT2D eigenvalue weighted by Crippen LogP contribution is 2.18. The zero-order chi connectivity index (χ0) is 16.9. The minimum Gasteiger partial charge on any atom is -0.378 e. The van der Waals surface area contributed by atoms with Crippen LogP contribution in [0, 0.1) is 5.92 Å². The molecule has 24 heavy (non-hydrogen) atoms. The highest BCUT2D eigenvalue weighted by molar-refractivity contribution is 7.16. The Kier molecular flexibility index (Phi) is 6.09. The van der Waals surface area contributed by atoms with Gasteiger partial charge in [-0.25, -0.2) is 0 Å². The Morgan fingerprint density at radius 3 is 2.71 bits per heavy atom. The number of rotatable bonds is 7. The molecule has 0 atom stereocenters. The molecule has 0 saturated carbocycles. The smallest absolute Gasteiger partial charge is 0.308 e. The van der Waals surface area contributed by atoms with Crippen LogP contribution in [-0.4, -0.2) is 41.8 Å². The molecular formula is C19H28N2O2S. The summed E-state index contributed by atoms with van der Waals surface area (Å²) in [5.74, 6) is 0.613. The lowest BCUT2D eigenvalue weighted by Crippen LogP contribution is -2.38. The lowest BCUT2D eigenvalue weighted by molar-refractivity contribution is -0.00467. The number of para-hydroxylation sites is 1. The Morgan fingerprint density at radius 2 is 1.96 bits per heavy atom. The van der Waals surface area contributed by atoms with Crippen molar-refractivity contribution in [3.63, 3.8) is 0 Å². The summed E-state index contributed by atoms with van der Waals surface area (Å²) in [6.45, 7) is 9.37. The van der Waals surface area contributed by atoms with Gasteiger partial charge in [0, 0.05) is 26.2 Å². The molecular weight excluding hydrogens is 320 g/mol. The predicted molar refractivity (Wildman–Crippen MR) is 101 cm³/mol. The average Bonchev–Trinajstić information content (AvgIpc) is 2.90. The average molecular weight is 349 g/mol. The van der Waals surface area contributed by atoms with Gasteiger partial charge in [-0.05, 0) is 43.9 Å². The van der Waals surface area contributed by atoms with Gasteiger partial charge in [0.25, 0.3) is 0 Å². The van der Waals surface area contributed by atoms with Crippen LogP contribution in [0.4, 0.5) is 0 Å². The first-order valence-corrected chi connectivity index (χ1v) is 9.87. The van der Waals surface area contributed by atoms with Crippen molar-refractivity contribution >= 4 is 21.6 Å². The van der Waals surface area contributed by atoms with Crippen LogP contribution in [0.5, 0.6) is 0 Å². The van der Waals surface area contributed by atoms with Gasteiger partial charge in [0.1, 0.15) is 0 Å². The molecule has 1 aliphatic heterocycles. The molecule has 1 aromatic carbocycles. The molecule has 0 radical (unpaired) electrons. The molecule has 0 amide bonds. The molecule has 132 valence electrons. The van der Waals surface area contributed by atoms with Gasteiger partial charge in [-0.1, -0.05) is 37.3 Å². The molecule has 0 bridgehead atoms. The van der Waals surface area contributed by atoms with E-state index < -0.39 is 0 Å². The van der Waals surface area contributed by atoms with Gasteiger partial charge in [-0.3, -0.25) is 9.36 Å². The lowest BCUT2D eigenvalue weighted by Gasteiger charge is -2.32. The van der Waals surface area contributed by atoms with E-state index in [0.29, 0.717) is 12.0 Å². The van der Waals surface area contributed by atoms with Gasteiger partial charge in [-0.15, -0.1) is 0 Å². The Labute approximate surface area is 148 Å². The zero-order valence-corrected chi connectivity index (χ0v) is 15.6. The van der Waals surface area contributed by atoms with Crippen LogP contribution in [0.2, 0.25) is 0 Å². The van der Waals surface area contributed by atoms with Crippen LogP contribution >= 0.6 is 11.3 Å². The fraction of sp³-hybridized carbons (Fsp3) is 0.632. The number of hydrogen-bond donors (Lipinski definition) is 0. The summed E-state index contributed by atoms with van der Waals surface area (Å²) in [6.07, 6.45) is 3.73. The summed E-state index contributed by atoms with van der Waals surface area (Å²) in [7, 11) is 0. The minimum atomic E-state index is 0.164. The second kappa shape index (κ2) is 8.28. The molecule has 0 spiro atoms. The zero-order valence-electron chi connectivity index (χ0n) is 14.7. The van der Waals surface area contributed by atoms with Crippen LogP contribution in [0.15, 0.2) is 29.1 Å². The van der Waals surface area contributed by atoms with E-state index in [9.17, 15) is 4.79 Å². The van der Waals surface area contributed by atoms with Crippen molar-refractivity contribution in [2.75, 3.05) is 26.2 Å². The quantitative estimate of drug-likeness (QED) is 0.767. The van der Waals surface area contributed by atoms with E-state index in [1.54, 1.807) is 0 Å². The van der Waals surface area contributed by atoms with Crippen LogP contribution in [-0.2, 0) is 11.3 Å². The molecule has 3 rings (SSSR count). The Bertz CT molecular complexity index is 699. The largest absolute Gasteiger partial charge is 0.378 e. The molecule has 2 aromatic rings.